The van der Waals surface area contributed by atoms with Gasteiger partial charge in [-0.15, -0.1) is 0 Å². The van der Waals surface area contributed by atoms with Crippen molar-refractivity contribution in [2.24, 2.45) is 11.8 Å². The Morgan fingerprint density at radius 3 is 2.55 bits per heavy atom. The first kappa shape index (κ1) is 19.8. The van der Waals surface area contributed by atoms with Crippen molar-refractivity contribution in [2.75, 3.05) is 27.3 Å². The third-order valence-corrected chi connectivity index (χ3v) is 5.88. The Morgan fingerprint density at radius 2 is 1.83 bits per heavy atom. The first-order chi connectivity index (χ1) is 14.1. The number of fused-ring (bicyclic) bond motifs is 1. The number of aliphatic hydroxyl groups excluding tert-OH is 1. The van der Waals surface area contributed by atoms with Gasteiger partial charge in [0.1, 0.15) is 18.5 Å². The monoisotopic (exact) mass is 401 g/mol. The number of carbonyl (C=O) groups is 1. The van der Waals surface area contributed by atoms with Gasteiger partial charge in [-0.2, -0.15) is 0 Å². The van der Waals surface area contributed by atoms with Crippen LogP contribution in [-0.2, 0) is 11.3 Å². The molecule has 1 saturated heterocycles. The Hall–Kier alpha value is -2.51. The molecule has 156 valence electrons. The van der Waals surface area contributed by atoms with E-state index in [-0.39, 0.29) is 23.8 Å². The van der Waals surface area contributed by atoms with E-state index in [0.29, 0.717) is 55.6 Å². The lowest BCUT2D eigenvalue weighted by Crippen LogP contribution is -2.42. The van der Waals surface area contributed by atoms with Gasteiger partial charge in [0.05, 0.1) is 13.2 Å². The minimum Gasteiger partial charge on any atom is -0.493 e. The van der Waals surface area contributed by atoms with E-state index < -0.39 is 6.10 Å². The highest BCUT2D eigenvalue weighted by molar-refractivity contribution is 5.91. The summed E-state index contributed by atoms with van der Waals surface area (Å²) >= 11 is 0. The first-order valence-electron chi connectivity index (χ1n) is 9.93. The van der Waals surface area contributed by atoms with Crippen LogP contribution in [0.5, 0.6) is 11.5 Å². The van der Waals surface area contributed by atoms with Crippen LogP contribution in [0.3, 0.4) is 0 Å². The van der Waals surface area contributed by atoms with E-state index >= 15 is 0 Å². The van der Waals surface area contributed by atoms with E-state index in [0.717, 1.165) is 0 Å². The number of methoxy groups -OCH3 is 2. The average molecular weight is 401 g/mol. The Kier molecular flexibility index (Phi) is 5.78. The molecule has 2 heterocycles. The van der Waals surface area contributed by atoms with Crippen molar-refractivity contribution in [2.45, 2.75) is 31.7 Å². The molecular formula is C22H27NO6. The van der Waals surface area contributed by atoms with E-state index in [1.54, 1.807) is 26.4 Å². The highest BCUT2D eigenvalue weighted by atomic mass is 16.5. The predicted molar refractivity (Wildman–Crippen MR) is 105 cm³/mol. The Labute approximate surface area is 170 Å². The summed E-state index contributed by atoms with van der Waals surface area (Å²) in [5.74, 6) is 2.68. The van der Waals surface area contributed by atoms with Gasteiger partial charge in [-0.25, -0.2) is 0 Å². The second-order valence-corrected chi connectivity index (χ2v) is 7.78. The van der Waals surface area contributed by atoms with Gasteiger partial charge in [0.15, 0.2) is 17.3 Å². The molecule has 7 heteroatoms. The summed E-state index contributed by atoms with van der Waals surface area (Å²) in [6.07, 6.45) is 0.412. The molecule has 7 nitrogen and oxygen atoms in total. The lowest BCUT2D eigenvalue weighted by atomic mass is 9.78. The maximum atomic E-state index is 12.8. The molecule has 4 atom stereocenters. The standard InChI is InChI=1S/C22H27NO6/c1-26-13-16-7-8-20(28-16)22(25)23-11-14-9-17(24)21(10-15(14)12-23)29-19-6-4-3-5-18(19)27-2/h3-8,14-15,17,21,24H,9-13H2,1-2H3/t14-,15+,17+,21+/m0/s1. The fourth-order valence-electron chi connectivity index (χ4n) is 4.43. The summed E-state index contributed by atoms with van der Waals surface area (Å²) in [7, 11) is 3.19. The smallest absolute Gasteiger partial charge is 0.289 e. The molecule has 0 radical (unpaired) electrons. The van der Waals surface area contributed by atoms with Crippen molar-refractivity contribution in [1.29, 1.82) is 0 Å². The molecule has 1 aromatic heterocycles. The number of amides is 1. The van der Waals surface area contributed by atoms with Gasteiger partial charge in [-0.05, 0) is 48.9 Å². The fourth-order valence-corrected chi connectivity index (χ4v) is 4.43. The maximum absolute atomic E-state index is 12.8. The molecule has 29 heavy (non-hydrogen) atoms. The van der Waals surface area contributed by atoms with Gasteiger partial charge in [0.25, 0.3) is 5.91 Å². The molecule has 1 amide bonds. The molecule has 4 rings (SSSR count). The molecule has 1 aromatic carbocycles. The van der Waals surface area contributed by atoms with Crippen LogP contribution in [0.15, 0.2) is 40.8 Å². The quantitative estimate of drug-likeness (QED) is 0.802. The first-order valence-corrected chi connectivity index (χ1v) is 9.93. The molecule has 0 spiro atoms. The van der Waals surface area contributed by atoms with Gasteiger partial charge in [0, 0.05) is 20.2 Å². The minimum absolute atomic E-state index is 0.113. The summed E-state index contributed by atoms with van der Waals surface area (Å²) in [6, 6.07) is 10.9. The summed E-state index contributed by atoms with van der Waals surface area (Å²) in [5.41, 5.74) is 0. The SMILES string of the molecule is COCc1ccc(C(=O)N2C[C@H]3C[C@@H](Oc4ccccc4OC)[C@H](O)C[C@H]3C2)o1. The summed E-state index contributed by atoms with van der Waals surface area (Å²) < 4.78 is 22.1. The zero-order chi connectivity index (χ0) is 20.4. The molecule has 0 unspecified atom stereocenters. The molecule has 2 aliphatic rings. The molecule has 1 N–H and O–H groups in total. The number of likely N-dealkylation sites (tertiary alicyclic amines) is 1. The van der Waals surface area contributed by atoms with Gasteiger partial charge in [-0.3, -0.25) is 4.79 Å². The minimum atomic E-state index is -0.576. The van der Waals surface area contributed by atoms with E-state index in [1.807, 2.05) is 29.2 Å². The maximum Gasteiger partial charge on any atom is 0.289 e. The molecule has 0 bridgehead atoms. The molecule has 1 aliphatic carbocycles. The van der Waals surface area contributed by atoms with Gasteiger partial charge in [-0.1, -0.05) is 12.1 Å². The van der Waals surface area contributed by atoms with Gasteiger partial charge in [0.2, 0.25) is 0 Å². The number of benzene rings is 1. The number of aliphatic hydroxyl groups is 1. The normalized spacial score (nSPS) is 26.2. The number of hydrogen-bond acceptors (Lipinski definition) is 6. The lowest BCUT2D eigenvalue weighted by Gasteiger charge is -2.35. The largest absolute Gasteiger partial charge is 0.493 e. The summed E-state index contributed by atoms with van der Waals surface area (Å²) in [6.45, 7) is 1.61. The highest BCUT2D eigenvalue weighted by Crippen LogP contribution is 2.39. The number of furan rings is 1. The zero-order valence-corrected chi connectivity index (χ0v) is 16.7. The number of para-hydroxylation sites is 2. The van der Waals surface area contributed by atoms with Crippen LogP contribution in [0, 0.1) is 11.8 Å². The van der Waals surface area contributed by atoms with Crippen molar-refractivity contribution in [3.05, 3.63) is 47.9 Å². The van der Waals surface area contributed by atoms with Crippen LogP contribution in [0.4, 0.5) is 0 Å². The van der Waals surface area contributed by atoms with Crippen LogP contribution in [0.2, 0.25) is 0 Å². The van der Waals surface area contributed by atoms with Crippen LogP contribution in [0.25, 0.3) is 0 Å². The van der Waals surface area contributed by atoms with Crippen molar-refractivity contribution in [3.8, 4) is 11.5 Å². The fraction of sp³-hybridized carbons (Fsp3) is 0.500. The Balaban J connectivity index is 1.41. The predicted octanol–water partition coefficient (Wildman–Crippen LogP) is 2.73. The second kappa shape index (κ2) is 8.47. The van der Waals surface area contributed by atoms with Crippen LogP contribution in [0.1, 0.15) is 29.2 Å². The van der Waals surface area contributed by atoms with E-state index in [1.165, 1.54) is 0 Å². The third kappa shape index (κ3) is 4.11. The summed E-state index contributed by atoms with van der Waals surface area (Å²) in [4.78, 5) is 14.6. The van der Waals surface area contributed by atoms with Crippen LogP contribution >= 0.6 is 0 Å². The number of hydrogen-bond donors (Lipinski definition) is 1. The number of ether oxygens (including phenoxy) is 3. The van der Waals surface area contributed by atoms with Gasteiger partial charge < -0.3 is 28.6 Å². The van der Waals surface area contributed by atoms with Crippen molar-refractivity contribution >= 4 is 5.91 Å². The van der Waals surface area contributed by atoms with Crippen LogP contribution < -0.4 is 9.47 Å². The second-order valence-electron chi connectivity index (χ2n) is 7.78. The molecule has 1 aliphatic heterocycles. The average Bonchev–Trinajstić information content (AvgIpc) is 3.35. The highest BCUT2D eigenvalue weighted by Gasteiger charge is 2.44. The molecule has 2 aromatic rings. The van der Waals surface area contributed by atoms with Crippen molar-refractivity contribution < 1.29 is 28.5 Å². The van der Waals surface area contributed by atoms with Gasteiger partial charge >= 0.3 is 0 Å². The van der Waals surface area contributed by atoms with E-state index in [9.17, 15) is 9.90 Å². The summed E-state index contributed by atoms with van der Waals surface area (Å²) in [5, 5.41) is 10.6. The van der Waals surface area contributed by atoms with Crippen LogP contribution in [-0.4, -0.2) is 55.4 Å². The van der Waals surface area contributed by atoms with E-state index in [4.69, 9.17) is 18.6 Å². The lowest BCUT2D eigenvalue weighted by molar-refractivity contribution is -0.0240. The Bertz CT molecular complexity index is 849. The number of nitrogens with zero attached hydrogens (tertiary/aromatic N) is 1. The third-order valence-electron chi connectivity index (χ3n) is 5.88. The van der Waals surface area contributed by atoms with E-state index in [2.05, 4.69) is 0 Å². The molecule has 1 saturated carbocycles. The zero-order valence-electron chi connectivity index (χ0n) is 16.7. The number of rotatable bonds is 6. The number of carbonyl (C=O) groups excluding carboxylic acids is 1. The van der Waals surface area contributed by atoms with Crippen molar-refractivity contribution in [1.82, 2.24) is 4.90 Å². The Morgan fingerprint density at radius 1 is 1.10 bits per heavy atom. The molecular weight excluding hydrogens is 374 g/mol. The topological polar surface area (TPSA) is 81.4 Å². The van der Waals surface area contributed by atoms with Crippen molar-refractivity contribution in [3.63, 3.8) is 0 Å². The molecule has 2 fully saturated rings.